The maximum atomic E-state index is 6.11. The number of allylic oxidation sites excluding steroid dienone is 1. The number of fused-ring (bicyclic) bond motifs is 1. The van der Waals surface area contributed by atoms with Gasteiger partial charge in [0.15, 0.2) is 0 Å². The second kappa shape index (κ2) is 5.23. The Morgan fingerprint density at radius 1 is 1.56 bits per heavy atom. The number of benzene rings is 1. The average molecular weight is 245 g/mol. The second-order valence-electron chi connectivity index (χ2n) is 4.24. The van der Waals surface area contributed by atoms with Crippen molar-refractivity contribution in [3.05, 3.63) is 36.7 Å². The lowest BCUT2D eigenvalue weighted by molar-refractivity contribution is 0.415. The molecule has 0 bridgehead atoms. The van der Waals surface area contributed by atoms with E-state index in [9.17, 15) is 0 Å². The lowest BCUT2D eigenvalue weighted by Crippen LogP contribution is -2.15. The van der Waals surface area contributed by atoms with Gasteiger partial charge < -0.3 is 15.0 Å². The monoisotopic (exact) mass is 245 g/mol. The predicted molar refractivity (Wildman–Crippen MR) is 73.7 cm³/mol. The fourth-order valence-corrected chi connectivity index (χ4v) is 2.04. The van der Waals surface area contributed by atoms with Crippen molar-refractivity contribution in [3.8, 4) is 5.75 Å². The van der Waals surface area contributed by atoms with Crippen LogP contribution in [0.15, 0.2) is 30.9 Å². The highest BCUT2D eigenvalue weighted by atomic mass is 16.5. The van der Waals surface area contributed by atoms with Crippen molar-refractivity contribution in [2.24, 2.45) is 5.73 Å². The molecule has 0 radical (unpaired) electrons. The van der Waals surface area contributed by atoms with E-state index in [1.54, 1.807) is 7.11 Å². The van der Waals surface area contributed by atoms with E-state index in [1.165, 1.54) is 0 Å². The molecule has 0 aliphatic carbocycles. The first-order chi connectivity index (χ1) is 8.71. The SMILES string of the molecule is C=CCn1c(C(N)CC)nc2cc(OC)ccc21. The van der Waals surface area contributed by atoms with Gasteiger partial charge in [-0.3, -0.25) is 0 Å². The Balaban J connectivity index is 2.61. The molecule has 0 fully saturated rings. The average Bonchev–Trinajstić information content (AvgIpc) is 2.76. The van der Waals surface area contributed by atoms with Gasteiger partial charge in [-0.25, -0.2) is 4.98 Å². The summed E-state index contributed by atoms with van der Waals surface area (Å²) in [4.78, 5) is 4.62. The van der Waals surface area contributed by atoms with Crippen LogP contribution in [0.1, 0.15) is 25.2 Å². The molecule has 2 aromatic rings. The summed E-state index contributed by atoms with van der Waals surface area (Å²) < 4.78 is 7.32. The molecule has 0 spiro atoms. The first kappa shape index (κ1) is 12.6. The number of nitrogens with zero attached hydrogens (tertiary/aromatic N) is 2. The van der Waals surface area contributed by atoms with E-state index in [4.69, 9.17) is 10.5 Å². The smallest absolute Gasteiger partial charge is 0.127 e. The summed E-state index contributed by atoms with van der Waals surface area (Å²) in [5.41, 5.74) is 8.09. The molecule has 2 rings (SSSR count). The van der Waals surface area contributed by atoms with Crippen molar-refractivity contribution < 1.29 is 4.74 Å². The van der Waals surface area contributed by atoms with Crippen molar-refractivity contribution in [2.45, 2.75) is 25.9 Å². The summed E-state index contributed by atoms with van der Waals surface area (Å²) >= 11 is 0. The Morgan fingerprint density at radius 2 is 2.33 bits per heavy atom. The number of nitrogens with two attached hydrogens (primary N) is 1. The number of hydrogen-bond donors (Lipinski definition) is 1. The Kier molecular flexibility index (Phi) is 3.67. The Hall–Kier alpha value is -1.81. The van der Waals surface area contributed by atoms with Crippen LogP contribution in [0.5, 0.6) is 5.75 Å². The molecule has 0 saturated heterocycles. The Morgan fingerprint density at radius 3 is 2.94 bits per heavy atom. The maximum absolute atomic E-state index is 6.11. The number of aromatic nitrogens is 2. The van der Waals surface area contributed by atoms with Crippen molar-refractivity contribution in [1.82, 2.24) is 9.55 Å². The minimum atomic E-state index is -0.0525. The molecule has 4 nitrogen and oxygen atoms in total. The Bertz CT molecular complexity index is 559. The van der Waals surface area contributed by atoms with Crippen LogP contribution in [0.2, 0.25) is 0 Å². The largest absolute Gasteiger partial charge is 0.497 e. The summed E-state index contributed by atoms with van der Waals surface area (Å²) in [6.07, 6.45) is 2.72. The maximum Gasteiger partial charge on any atom is 0.127 e. The van der Waals surface area contributed by atoms with Gasteiger partial charge in [0.25, 0.3) is 0 Å². The zero-order chi connectivity index (χ0) is 13.1. The highest BCUT2D eigenvalue weighted by Crippen LogP contribution is 2.25. The van der Waals surface area contributed by atoms with Gasteiger partial charge in [-0.05, 0) is 18.6 Å². The number of rotatable bonds is 5. The van der Waals surface area contributed by atoms with E-state index < -0.39 is 0 Å². The zero-order valence-corrected chi connectivity index (χ0v) is 10.9. The van der Waals surface area contributed by atoms with Crippen LogP contribution in [0.4, 0.5) is 0 Å². The van der Waals surface area contributed by atoms with E-state index >= 15 is 0 Å². The van der Waals surface area contributed by atoms with Gasteiger partial charge in [0.05, 0.1) is 24.2 Å². The first-order valence-corrected chi connectivity index (χ1v) is 6.11. The molecular formula is C14H19N3O. The van der Waals surface area contributed by atoms with Crippen molar-refractivity contribution >= 4 is 11.0 Å². The molecule has 0 saturated carbocycles. The normalized spacial score (nSPS) is 12.6. The number of ether oxygens (including phenoxy) is 1. The number of methoxy groups -OCH3 is 1. The highest BCUT2D eigenvalue weighted by Gasteiger charge is 2.15. The zero-order valence-electron chi connectivity index (χ0n) is 10.9. The van der Waals surface area contributed by atoms with Gasteiger partial charge in [0, 0.05) is 12.6 Å². The van der Waals surface area contributed by atoms with Crippen molar-refractivity contribution in [2.75, 3.05) is 7.11 Å². The summed E-state index contributed by atoms with van der Waals surface area (Å²) in [5.74, 6) is 1.71. The third kappa shape index (κ3) is 2.11. The second-order valence-corrected chi connectivity index (χ2v) is 4.24. The van der Waals surface area contributed by atoms with Crippen LogP contribution < -0.4 is 10.5 Å². The quantitative estimate of drug-likeness (QED) is 0.824. The van der Waals surface area contributed by atoms with Gasteiger partial charge >= 0.3 is 0 Å². The first-order valence-electron chi connectivity index (χ1n) is 6.11. The van der Waals surface area contributed by atoms with Crippen molar-refractivity contribution in [3.63, 3.8) is 0 Å². The fourth-order valence-electron chi connectivity index (χ4n) is 2.04. The standard InChI is InChI=1S/C14H19N3O/c1-4-8-17-13-7-6-10(18-3)9-12(13)16-14(17)11(15)5-2/h4,6-7,9,11H,1,5,8,15H2,2-3H3. The highest BCUT2D eigenvalue weighted by molar-refractivity contribution is 5.78. The summed E-state index contributed by atoms with van der Waals surface area (Å²) in [6, 6.07) is 5.82. The number of imidazole rings is 1. The van der Waals surface area contributed by atoms with Crippen LogP contribution in [0, 0.1) is 0 Å². The van der Waals surface area contributed by atoms with E-state index in [2.05, 4.69) is 23.1 Å². The molecule has 1 aromatic carbocycles. The molecule has 1 unspecified atom stereocenters. The van der Waals surface area contributed by atoms with Gasteiger partial charge in [0.1, 0.15) is 11.6 Å². The molecule has 2 N–H and O–H groups in total. The molecule has 1 atom stereocenters. The van der Waals surface area contributed by atoms with Gasteiger partial charge in [-0.2, -0.15) is 0 Å². The summed E-state index contributed by atoms with van der Waals surface area (Å²) in [5, 5.41) is 0. The molecule has 18 heavy (non-hydrogen) atoms. The van der Waals surface area contributed by atoms with Gasteiger partial charge in [-0.1, -0.05) is 13.0 Å². The van der Waals surface area contributed by atoms with Gasteiger partial charge in [-0.15, -0.1) is 6.58 Å². The third-order valence-electron chi connectivity index (χ3n) is 3.07. The molecule has 0 amide bonds. The van der Waals surface area contributed by atoms with Crippen molar-refractivity contribution in [1.29, 1.82) is 0 Å². The van der Waals surface area contributed by atoms with E-state index in [0.29, 0.717) is 6.54 Å². The molecule has 96 valence electrons. The third-order valence-corrected chi connectivity index (χ3v) is 3.07. The van der Waals surface area contributed by atoms with Crippen LogP contribution >= 0.6 is 0 Å². The summed E-state index contributed by atoms with van der Waals surface area (Å²) in [7, 11) is 1.65. The fraction of sp³-hybridized carbons (Fsp3) is 0.357. The van der Waals surface area contributed by atoms with E-state index in [0.717, 1.165) is 29.0 Å². The van der Waals surface area contributed by atoms with Crippen LogP contribution in [0.3, 0.4) is 0 Å². The van der Waals surface area contributed by atoms with Crippen LogP contribution in [-0.2, 0) is 6.54 Å². The minimum Gasteiger partial charge on any atom is -0.497 e. The lowest BCUT2D eigenvalue weighted by atomic mass is 10.2. The Labute approximate surface area is 107 Å². The molecule has 4 heteroatoms. The van der Waals surface area contributed by atoms with E-state index in [1.807, 2.05) is 24.3 Å². The molecular weight excluding hydrogens is 226 g/mol. The lowest BCUT2D eigenvalue weighted by Gasteiger charge is -2.11. The van der Waals surface area contributed by atoms with Crippen LogP contribution in [-0.4, -0.2) is 16.7 Å². The summed E-state index contributed by atoms with van der Waals surface area (Å²) in [6.45, 7) is 6.56. The van der Waals surface area contributed by atoms with E-state index in [-0.39, 0.29) is 6.04 Å². The topological polar surface area (TPSA) is 53.1 Å². The minimum absolute atomic E-state index is 0.0525. The number of hydrogen-bond acceptors (Lipinski definition) is 3. The predicted octanol–water partition coefficient (Wildman–Crippen LogP) is 2.64. The molecule has 0 aliphatic rings. The molecule has 1 heterocycles. The van der Waals surface area contributed by atoms with Crippen LogP contribution in [0.25, 0.3) is 11.0 Å². The molecule has 0 aliphatic heterocycles. The molecule has 1 aromatic heterocycles. The van der Waals surface area contributed by atoms with Gasteiger partial charge in [0.2, 0.25) is 0 Å².